The summed E-state index contributed by atoms with van der Waals surface area (Å²) in [7, 11) is 0. The molecule has 2 heterocycles. The van der Waals surface area contributed by atoms with E-state index in [1.807, 2.05) is 12.4 Å². The highest BCUT2D eigenvalue weighted by Gasteiger charge is 2.05. The number of rotatable bonds is 3. The van der Waals surface area contributed by atoms with E-state index in [0.29, 0.717) is 0 Å². The molecule has 2 nitrogen and oxygen atoms in total. The van der Waals surface area contributed by atoms with E-state index in [2.05, 4.69) is 53.4 Å². The van der Waals surface area contributed by atoms with Crippen LogP contribution in [0.3, 0.4) is 0 Å². The molecule has 1 N–H and O–H groups in total. The van der Waals surface area contributed by atoms with Crippen LogP contribution < -0.4 is 0 Å². The fraction of sp³-hybridized carbons (Fsp3) is 0.188. The van der Waals surface area contributed by atoms with Crippen LogP contribution >= 0.6 is 0 Å². The highest BCUT2D eigenvalue weighted by molar-refractivity contribution is 5.86. The molecule has 1 aromatic carbocycles. The van der Waals surface area contributed by atoms with Crippen LogP contribution in [0.1, 0.15) is 16.7 Å². The van der Waals surface area contributed by atoms with Gasteiger partial charge in [0.2, 0.25) is 0 Å². The van der Waals surface area contributed by atoms with E-state index in [-0.39, 0.29) is 0 Å². The van der Waals surface area contributed by atoms with Crippen LogP contribution in [0.4, 0.5) is 0 Å². The molecular weight excluding hydrogens is 220 g/mol. The second-order valence-electron chi connectivity index (χ2n) is 4.67. The second-order valence-corrected chi connectivity index (χ2v) is 4.67. The van der Waals surface area contributed by atoms with Crippen molar-refractivity contribution in [2.75, 3.05) is 0 Å². The van der Waals surface area contributed by atoms with Gasteiger partial charge in [0, 0.05) is 29.5 Å². The van der Waals surface area contributed by atoms with E-state index in [4.69, 9.17) is 0 Å². The summed E-state index contributed by atoms with van der Waals surface area (Å²) in [5.74, 6) is 0. The molecule has 0 spiro atoms. The van der Waals surface area contributed by atoms with Crippen LogP contribution in [0.25, 0.3) is 10.9 Å². The summed E-state index contributed by atoms with van der Waals surface area (Å²) in [6.07, 6.45) is 7.98. The topological polar surface area (TPSA) is 28.7 Å². The molecule has 0 aliphatic carbocycles. The second kappa shape index (κ2) is 4.65. The number of hydrogen-bond acceptors (Lipinski definition) is 1. The average molecular weight is 236 g/mol. The van der Waals surface area contributed by atoms with Gasteiger partial charge in [-0.3, -0.25) is 4.98 Å². The third-order valence-corrected chi connectivity index (χ3v) is 3.43. The lowest BCUT2D eigenvalue weighted by Gasteiger charge is -2.02. The Morgan fingerprint density at radius 3 is 2.72 bits per heavy atom. The molecule has 0 unspecified atom stereocenters. The maximum Gasteiger partial charge on any atom is 0.0459 e. The van der Waals surface area contributed by atoms with Gasteiger partial charge in [-0.1, -0.05) is 12.1 Å². The number of hydrogen-bond donors (Lipinski definition) is 1. The van der Waals surface area contributed by atoms with E-state index in [0.717, 1.165) is 12.8 Å². The Labute approximate surface area is 107 Å². The number of nitrogens with one attached hydrogen (secondary N) is 1. The number of nitrogens with zero attached hydrogens (tertiary/aromatic N) is 1. The van der Waals surface area contributed by atoms with Crippen molar-refractivity contribution < 1.29 is 0 Å². The highest BCUT2D eigenvalue weighted by atomic mass is 14.7. The molecule has 0 atom stereocenters. The largest absolute Gasteiger partial charge is 0.361 e. The van der Waals surface area contributed by atoms with Crippen LogP contribution in [0.5, 0.6) is 0 Å². The first-order valence-electron chi connectivity index (χ1n) is 6.29. The molecule has 0 saturated heterocycles. The number of benzene rings is 1. The molecule has 3 rings (SSSR count). The summed E-state index contributed by atoms with van der Waals surface area (Å²) in [5, 5.41) is 1.38. The molecule has 0 amide bonds. The van der Waals surface area contributed by atoms with Crippen molar-refractivity contribution in [3.63, 3.8) is 0 Å². The predicted octanol–water partition coefficient (Wildman–Crippen LogP) is 3.66. The van der Waals surface area contributed by atoms with Gasteiger partial charge < -0.3 is 4.98 Å². The summed E-state index contributed by atoms with van der Waals surface area (Å²) in [4.78, 5) is 7.40. The Hall–Kier alpha value is -2.09. The number of fused-ring (bicyclic) bond motifs is 1. The average Bonchev–Trinajstić information content (AvgIpc) is 2.82. The van der Waals surface area contributed by atoms with Crippen molar-refractivity contribution in [1.82, 2.24) is 9.97 Å². The number of aromatic nitrogens is 2. The normalized spacial score (nSPS) is 10.9. The molecule has 2 heteroatoms. The van der Waals surface area contributed by atoms with Crippen LogP contribution in [0, 0.1) is 6.92 Å². The van der Waals surface area contributed by atoms with Gasteiger partial charge in [0.05, 0.1) is 0 Å². The summed E-state index contributed by atoms with van der Waals surface area (Å²) in [6, 6.07) is 10.6. The Bertz CT molecular complexity index is 653. The zero-order chi connectivity index (χ0) is 12.4. The fourth-order valence-corrected chi connectivity index (χ4v) is 2.48. The molecule has 18 heavy (non-hydrogen) atoms. The van der Waals surface area contributed by atoms with Gasteiger partial charge in [0.25, 0.3) is 0 Å². The SMILES string of the molecule is Cc1cccc2[nH]cc(CCc3ccncc3)c12. The molecule has 90 valence electrons. The van der Waals surface area contributed by atoms with Gasteiger partial charge >= 0.3 is 0 Å². The Kier molecular flexibility index (Phi) is 2.85. The van der Waals surface area contributed by atoms with Crippen molar-refractivity contribution in [2.45, 2.75) is 19.8 Å². The molecule has 0 radical (unpaired) electrons. The Morgan fingerprint density at radius 2 is 1.89 bits per heavy atom. The van der Waals surface area contributed by atoms with Gasteiger partial charge in [-0.25, -0.2) is 0 Å². The number of aryl methyl sites for hydroxylation is 3. The molecule has 0 aliphatic heterocycles. The maximum atomic E-state index is 4.05. The minimum Gasteiger partial charge on any atom is -0.361 e. The van der Waals surface area contributed by atoms with Crippen LogP contribution in [-0.2, 0) is 12.8 Å². The molecule has 0 fully saturated rings. The van der Waals surface area contributed by atoms with E-state index in [9.17, 15) is 0 Å². The summed E-state index contributed by atoms with van der Waals surface area (Å²) >= 11 is 0. The first-order chi connectivity index (χ1) is 8.84. The van der Waals surface area contributed by atoms with Crippen molar-refractivity contribution in [2.24, 2.45) is 0 Å². The third-order valence-electron chi connectivity index (χ3n) is 3.43. The lowest BCUT2D eigenvalue weighted by molar-refractivity contribution is 0.962. The van der Waals surface area contributed by atoms with Gasteiger partial charge in [0.1, 0.15) is 0 Å². The smallest absolute Gasteiger partial charge is 0.0459 e. The van der Waals surface area contributed by atoms with Gasteiger partial charge in [-0.2, -0.15) is 0 Å². The van der Waals surface area contributed by atoms with E-state index < -0.39 is 0 Å². The van der Waals surface area contributed by atoms with Crippen LogP contribution in [-0.4, -0.2) is 9.97 Å². The first kappa shape index (κ1) is 11.0. The van der Waals surface area contributed by atoms with Crippen molar-refractivity contribution in [3.05, 3.63) is 65.6 Å². The number of aromatic amines is 1. The summed E-state index contributed by atoms with van der Waals surface area (Å²) in [6.45, 7) is 2.17. The van der Waals surface area contributed by atoms with Crippen LogP contribution in [0.2, 0.25) is 0 Å². The standard InChI is InChI=1S/C16H16N2/c1-12-3-2-4-15-16(12)14(11-18-15)6-5-13-7-9-17-10-8-13/h2-4,7-11,18H,5-6H2,1H3. The van der Waals surface area contributed by atoms with Gasteiger partial charge in [0.15, 0.2) is 0 Å². The van der Waals surface area contributed by atoms with Crippen LogP contribution in [0.15, 0.2) is 48.9 Å². The molecule has 2 aromatic heterocycles. The monoisotopic (exact) mass is 236 g/mol. The molecule has 0 aliphatic rings. The summed E-state index contributed by atoms with van der Waals surface area (Å²) in [5.41, 5.74) is 5.33. The van der Waals surface area contributed by atoms with Crippen molar-refractivity contribution in [1.29, 1.82) is 0 Å². The summed E-state index contributed by atoms with van der Waals surface area (Å²) < 4.78 is 0. The number of pyridine rings is 1. The van der Waals surface area contributed by atoms with Gasteiger partial charge in [-0.05, 0) is 54.7 Å². The van der Waals surface area contributed by atoms with Gasteiger partial charge in [-0.15, -0.1) is 0 Å². The fourth-order valence-electron chi connectivity index (χ4n) is 2.48. The predicted molar refractivity (Wildman–Crippen MR) is 74.7 cm³/mol. The minimum atomic E-state index is 1.06. The third kappa shape index (κ3) is 2.02. The zero-order valence-corrected chi connectivity index (χ0v) is 10.5. The zero-order valence-electron chi connectivity index (χ0n) is 10.5. The maximum absolute atomic E-state index is 4.05. The van der Waals surface area contributed by atoms with E-state index >= 15 is 0 Å². The highest BCUT2D eigenvalue weighted by Crippen LogP contribution is 2.23. The van der Waals surface area contributed by atoms with Crippen molar-refractivity contribution >= 4 is 10.9 Å². The Morgan fingerprint density at radius 1 is 1.06 bits per heavy atom. The molecule has 0 bridgehead atoms. The quantitative estimate of drug-likeness (QED) is 0.738. The van der Waals surface area contributed by atoms with E-state index in [1.54, 1.807) is 0 Å². The first-order valence-corrected chi connectivity index (χ1v) is 6.29. The van der Waals surface area contributed by atoms with Crippen molar-refractivity contribution in [3.8, 4) is 0 Å². The minimum absolute atomic E-state index is 1.06. The lowest BCUT2D eigenvalue weighted by Crippen LogP contribution is -1.91. The Balaban J connectivity index is 1.87. The molecule has 0 saturated carbocycles. The molecule has 3 aromatic rings. The van der Waals surface area contributed by atoms with E-state index in [1.165, 1.54) is 27.6 Å². The number of H-pyrrole nitrogens is 1. The lowest BCUT2D eigenvalue weighted by atomic mass is 10.0. The molecular formula is C16H16N2.